The second-order valence-electron chi connectivity index (χ2n) is 7.09. The van der Waals surface area contributed by atoms with E-state index in [1.807, 2.05) is 0 Å². The molecule has 162 valence electrons. The van der Waals surface area contributed by atoms with E-state index in [1.165, 1.54) is 43.4 Å². The fourth-order valence-electron chi connectivity index (χ4n) is 3.87. The Balaban J connectivity index is 2.01. The number of benzene rings is 3. The van der Waals surface area contributed by atoms with E-state index in [4.69, 9.17) is 9.47 Å². The lowest BCUT2D eigenvalue weighted by Crippen LogP contribution is -2.29. The quantitative estimate of drug-likeness (QED) is 0.365. The number of hydrogen-bond donors (Lipinski definition) is 1. The first-order valence-corrected chi connectivity index (χ1v) is 9.80. The molecule has 1 unspecified atom stereocenters. The Kier molecular flexibility index (Phi) is 5.64. The number of amides is 1. The molecule has 0 aromatic heterocycles. The SMILES string of the molecule is COc1cccc(OC)c1/C(O)=C1\C(=O)C(=O)N(c2ccccc2)C1c1ccc(F)cc1. The molecule has 1 amide bonds. The van der Waals surface area contributed by atoms with Gasteiger partial charge in [-0.15, -0.1) is 0 Å². The van der Waals surface area contributed by atoms with Gasteiger partial charge >= 0.3 is 0 Å². The first-order chi connectivity index (χ1) is 15.5. The fraction of sp³-hybridized carbons (Fsp3) is 0.120. The van der Waals surface area contributed by atoms with Crippen molar-refractivity contribution >= 4 is 23.1 Å². The largest absolute Gasteiger partial charge is 0.506 e. The van der Waals surface area contributed by atoms with Crippen molar-refractivity contribution in [1.82, 2.24) is 0 Å². The maximum absolute atomic E-state index is 13.6. The molecule has 32 heavy (non-hydrogen) atoms. The molecule has 4 rings (SSSR count). The highest BCUT2D eigenvalue weighted by Gasteiger charge is 2.47. The molecule has 1 heterocycles. The summed E-state index contributed by atoms with van der Waals surface area (Å²) >= 11 is 0. The summed E-state index contributed by atoms with van der Waals surface area (Å²) < 4.78 is 24.4. The lowest BCUT2D eigenvalue weighted by molar-refractivity contribution is -0.132. The van der Waals surface area contributed by atoms with Gasteiger partial charge in [0.1, 0.15) is 28.6 Å². The number of ketones is 1. The zero-order chi connectivity index (χ0) is 22.8. The zero-order valence-corrected chi connectivity index (χ0v) is 17.4. The Morgan fingerprint density at radius 3 is 2.03 bits per heavy atom. The molecule has 0 bridgehead atoms. The number of carbonyl (C=O) groups excluding carboxylic acids is 2. The predicted octanol–water partition coefficient (Wildman–Crippen LogP) is 4.47. The maximum Gasteiger partial charge on any atom is 0.300 e. The summed E-state index contributed by atoms with van der Waals surface area (Å²) in [5.74, 6) is -2.03. The normalized spacial score (nSPS) is 17.5. The second kappa shape index (κ2) is 8.55. The van der Waals surface area contributed by atoms with Crippen LogP contribution in [0.4, 0.5) is 10.1 Å². The van der Waals surface area contributed by atoms with Crippen LogP contribution < -0.4 is 14.4 Å². The van der Waals surface area contributed by atoms with Gasteiger partial charge in [0, 0.05) is 5.69 Å². The van der Waals surface area contributed by atoms with E-state index in [2.05, 4.69) is 0 Å². The molecule has 1 fully saturated rings. The van der Waals surface area contributed by atoms with Crippen molar-refractivity contribution < 1.29 is 28.6 Å². The van der Waals surface area contributed by atoms with Gasteiger partial charge < -0.3 is 14.6 Å². The van der Waals surface area contributed by atoms with Crippen molar-refractivity contribution in [1.29, 1.82) is 0 Å². The summed E-state index contributed by atoms with van der Waals surface area (Å²) in [6.45, 7) is 0. The summed E-state index contributed by atoms with van der Waals surface area (Å²) in [6.07, 6.45) is 0. The molecular formula is C25H20FNO5. The van der Waals surface area contributed by atoms with Gasteiger partial charge in [0.15, 0.2) is 0 Å². The molecule has 0 saturated carbocycles. The van der Waals surface area contributed by atoms with Crippen LogP contribution in [0.2, 0.25) is 0 Å². The smallest absolute Gasteiger partial charge is 0.300 e. The molecule has 6 nitrogen and oxygen atoms in total. The molecule has 1 aliphatic heterocycles. The summed E-state index contributed by atoms with van der Waals surface area (Å²) in [5, 5.41) is 11.3. The van der Waals surface area contributed by atoms with Crippen molar-refractivity contribution in [3.05, 3.63) is 95.3 Å². The molecule has 3 aromatic carbocycles. The van der Waals surface area contributed by atoms with E-state index < -0.39 is 29.3 Å². The topological polar surface area (TPSA) is 76.1 Å². The molecule has 1 N–H and O–H groups in total. The van der Waals surface area contributed by atoms with Gasteiger partial charge in [-0.25, -0.2) is 4.39 Å². The molecule has 1 saturated heterocycles. The average Bonchev–Trinajstić information content (AvgIpc) is 3.09. The van der Waals surface area contributed by atoms with Gasteiger partial charge in [0.25, 0.3) is 11.7 Å². The lowest BCUT2D eigenvalue weighted by atomic mass is 9.94. The minimum Gasteiger partial charge on any atom is -0.506 e. The number of ether oxygens (including phenoxy) is 2. The fourth-order valence-corrected chi connectivity index (χ4v) is 3.87. The molecule has 0 spiro atoms. The van der Waals surface area contributed by atoms with Crippen molar-refractivity contribution in [2.45, 2.75) is 6.04 Å². The number of anilines is 1. The van der Waals surface area contributed by atoms with Crippen LogP contribution in [0.3, 0.4) is 0 Å². The molecule has 7 heteroatoms. The van der Waals surface area contributed by atoms with Crippen molar-refractivity contribution in [3.8, 4) is 11.5 Å². The van der Waals surface area contributed by atoms with Gasteiger partial charge in [-0.2, -0.15) is 0 Å². The Labute approximate surface area is 184 Å². The Bertz CT molecular complexity index is 1180. The first kappa shape index (κ1) is 21.1. The van der Waals surface area contributed by atoms with Gasteiger partial charge in [-0.3, -0.25) is 14.5 Å². The number of hydrogen-bond acceptors (Lipinski definition) is 5. The monoisotopic (exact) mass is 433 g/mol. The Morgan fingerprint density at radius 1 is 0.875 bits per heavy atom. The highest BCUT2D eigenvalue weighted by Crippen LogP contribution is 2.45. The van der Waals surface area contributed by atoms with Crippen LogP contribution in [-0.2, 0) is 9.59 Å². The number of para-hydroxylation sites is 1. The summed E-state index contributed by atoms with van der Waals surface area (Å²) in [6, 6.07) is 18.0. The van der Waals surface area contributed by atoms with Crippen LogP contribution in [-0.4, -0.2) is 31.0 Å². The van der Waals surface area contributed by atoms with E-state index in [-0.39, 0.29) is 22.6 Å². The average molecular weight is 433 g/mol. The van der Waals surface area contributed by atoms with E-state index >= 15 is 0 Å². The number of carbonyl (C=O) groups is 2. The Hall–Kier alpha value is -4.13. The summed E-state index contributed by atoms with van der Waals surface area (Å²) in [7, 11) is 2.84. The van der Waals surface area contributed by atoms with Crippen LogP contribution in [0.15, 0.2) is 78.4 Å². The minimum atomic E-state index is -0.979. The summed E-state index contributed by atoms with van der Waals surface area (Å²) in [4.78, 5) is 27.6. The van der Waals surface area contributed by atoms with Gasteiger partial charge in [0.05, 0.1) is 25.8 Å². The molecular weight excluding hydrogens is 413 g/mol. The maximum atomic E-state index is 13.6. The third-order valence-electron chi connectivity index (χ3n) is 5.33. The third-order valence-corrected chi connectivity index (χ3v) is 5.33. The summed E-state index contributed by atoms with van der Waals surface area (Å²) in [5.41, 5.74) is 0.934. The van der Waals surface area contributed by atoms with Crippen molar-refractivity contribution in [2.75, 3.05) is 19.1 Å². The molecule has 0 radical (unpaired) electrons. The van der Waals surface area contributed by atoms with Crippen LogP contribution >= 0.6 is 0 Å². The standard InChI is InChI=1S/C25H20FNO5/c1-31-18-9-6-10-19(32-2)20(18)23(28)21-22(15-11-13-16(26)14-12-15)27(25(30)24(21)29)17-7-4-3-5-8-17/h3-14,22,28H,1-2H3/b23-21+. The second-order valence-corrected chi connectivity index (χ2v) is 7.09. The number of nitrogens with zero attached hydrogens (tertiary/aromatic N) is 1. The van der Waals surface area contributed by atoms with Gasteiger partial charge in [0.2, 0.25) is 0 Å². The Morgan fingerprint density at radius 2 is 1.47 bits per heavy atom. The van der Waals surface area contributed by atoms with Gasteiger partial charge in [-0.05, 0) is 42.0 Å². The number of rotatable bonds is 5. The highest BCUT2D eigenvalue weighted by molar-refractivity contribution is 6.51. The molecule has 1 aliphatic rings. The van der Waals surface area contributed by atoms with Crippen LogP contribution in [0.25, 0.3) is 5.76 Å². The van der Waals surface area contributed by atoms with Crippen LogP contribution in [0.1, 0.15) is 17.2 Å². The van der Waals surface area contributed by atoms with E-state index in [0.29, 0.717) is 11.3 Å². The van der Waals surface area contributed by atoms with E-state index in [0.717, 1.165) is 0 Å². The zero-order valence-electron chi connectivity index (χ0n) is 17.4. The van der Waals surface area contributed by atoms with E-state index in [9.17, 15) is 19.1 Å². The van der Waals surface area contributed by atoms with Crippen LogP contribution in [0, 0.1) is 5.82 Å². The number of Topliss-reactive ketones (excluding diaryl/α,β-unsaturated/α-hetero) is 1. The third kappa shape index (κ3) is 3.47. The first-order valence-electron chi connectivity index (χ1n) is 9.80. The van der Waals surface area contributed by atoms with Crippen LogP contribution in [0.5, 0.6) is 11.5 Å². The molecule has 3 aromatic rings. The van der Waals surface area contributed by atoms with Gasteiger partial charge in [-0.1, -0.05) is 36.4 Å². The van der Waals surface area contributed by atoms with Crippen molar-refractivity contribution in [3.63, 3.8) is 0 Å². The number of aliphatic hydroxyl groups is 1. The number of aliphatic hydroxyl groups excluding tert-OH is 1. The number of methoxy groups -OCH3 is 2. The molecule has 0 aliphatic carbocycles. The van der Waals surface area contributed by atoms with Crippen molar-refractivity contribution in [2.24, 2.45) is 0 Å². The predicted molar refractivity (Wildman–Crippen MR) is 117 cm³/mol. The lowest BCUT2D eigenvalue weighted by Gasteiger charge is -2.25. The highest BCUT2D eigenvalue weighted by atomic mass is 19.1. The van der Waals surface area contributed by atoms with E-state index in [1.54, 1.807) is 48.5 Å². The minimum absolute atomic E-state index is 0.145. The molecule has 1 atom stereocenters. The number of halogens is 1.